The van der Waals surface area contributed by atoms with Crippen molar-refractivity contribution in [3.05, 3.63) is 18.0 Å². The van der Waals surface area contributed by atoms with E-state index >= 15 is 0 Å². The van der Waals surface area contributed by atoms with Crippen molar-refractivity contribution in [2.75, 3.05) is 31.1 Å². The van der Waals surface area contributed by atoms with Crippen LogP contribution in [0.2, 0.25) is 0 Å². The minimum absolute atomic E-state index is 0.278. The zero-order chi connectivity index (χ0) is 19.7. The number of hydrogen-bond acceptors (Lipinski definition) is 6. The minimum atomic E-state index is 0.278. The molecule has 0 radical (unpaired) electrons. The topological polar surface area (TPSA) is 52.6 Å². The number of hydrogen-bond donors (Lipinski definition) is 0. The average molecular weight is 386 g/mol. The number of piperazine rings is 1. The molecule has 2 bridgehead atoms. The minimum Gasteiger partial charge on any atom is -0.332 e. The van der Waals surface area contributed by atoms with Crippen molar-refractivity contribution in [3.8, 4) is 0 Å². The maximum Gasteiger partial charge on any atom is 0.225 e. The van der Waals surface area contributed by atoms with Gasteiger partial charge in [0.2, 0.25) is 5.95 Å². The number of ketones is 1. The number of Topliss-reactive ketones (excluding diaryl/α,β-unsaturated/α-hetero) is 1. The van der Waals surface area contributed by atoms with Crippen molar-refractivity contribution in [1.29, 1.82) is 0 Å². The van der Waals surface area contributed by atoms with Crippen LogP contribution >= 0.6 is 0 Å². The molecule has 0 aromatic carbocycles. The van der Waals surface area contributed by atoms with Crippen LogP contribution in [0.5, 0.6) is 0 Å². The molecule has 4 heterocycles. The van der Waals surface area contributed by atoms with Crippen LogP contribution < -0.4 is 4.90 Å². The summed E-state index contributed by atoms with van der Waals surface area (Å²) in [6, 6.07) is 1.73. The SMILES string of the molecule is CCC(=O)C1CCN(Cc2cnc(N3C4CCC3CN(C(C)C)C4)nc2)CC1. The summed E-state index contributed by atoms with van der Waals surface area (Å²) >= 11 is 0. The van der Waals surface area contributed by atoms with Gasteiger partial charge < -0.3 is 4.90 Å². The number of carbonyl (C=O) groups excluding carboxylic acids is 1. The molecule has 3 fully saturated rings. The van der Waals surface area contributed by atoms with Crippen LogP contribution in [0, 0.1) is 5.92 Å². The summed E-state index contributed by atoms with van der Waals surface area (Å²) in [5.41, 5.74) is 1.18. The first-order valence-electron chi connectivity index (χ1n) is 11.1. The molecular weight excluding hydrogens is 350 g/mol. The molecular formula is C22H35N5O. The molecule has 0 saturated carbocycles. The second-order valence-corrected chi connectivity index (χ2v) is 9.10. The summed E-state index contributed by atoms with van der Waals surface area (Å²) < 4.78 is 0. The van der Waals surface area contributed by atoms with Gasteiger partial charge in [0.15, 0.2) is 0 Å². The number of fused-ring (bicyclic) bond motifs is 2. The van der Waals surface area contributed by atoms with Crippen LogP contribution in [-0.4, -0.2) is 69.9 Å². The van der Waals surface area contributed by atoms with Gasteiger partial charge in [-0.3, -0.25) is 14.6 Å². The van der Waals surface area contributed by atoms with E-state index in [1.807, 2.05) is 19.3 Å². The second kappa shape index (κ2) is 8.46. The predicted octanol–water partition coefficient (Wildman–Crippen LogP) is 2.73. The first-order valence-corrected chi connectivity index (χ1v) is 11.1. The quantitative estimate of drug-likeness (QED) is 0.751. The van der Waals surface area contributed by atoms with Gasteiger partial charge in [-0.15, -0.1) is 0 Å². The molecule has 2 atom stereocenters. The van der Waals surface area contributed by atoms with Crippen molar-refractivity contribution in [1.82, 2.24) is 19.8 Å². The second-order valence-electron chi connectivity index (χ2n) is 9.10. The average Bonchev–Trinajstić information content (AvgIpc) is 2.97. The Morgan fingerprint density at radius 1 is 1.07 bits per heavy atom. The molecule has 0 amide bonds. The number of nitrogens with zero attached hydrogens (tertiary/aromatic N) is 5. The fourth-order valence-electron chi connectivity index (χ4n) is 5.21. The first kappa shape index (κ1) is 19.8. The van der Waals surface area contributed by atoms with E-state index in [1.165, 1.54) is 18.4 Å². The normalized spacial score (nSPS) is 26.9. The molecule has 3 saturated heterocycles. The molecule has 6 heteroatoms. The summed E-state index contributed by atoms with van der Waals surface area (Å²) in [6.07, 6.45) is 9.20. The third-order valence-electron chi connectivity index (χ3n) is 6.96. The highest BCUT2D eigenvalue weighted by Gasteiger charge is 2.41. The van der Waals surface area contributed by atoms with Crippen molar-refractivity contribution in [3.63, 3.8) is 0 Å². The van der Waals surface area contributed by atoms with E-state index in [4.69, 9.17) is 9.97 Å². The number of carbonyl (C=O) groups is 1. The highest BCUT2D eigenvalue weighted by atomic mass is 16.1. The Bertz CT molecular complexity index is 654. The summed E-state index contributed by atoms with van der Waals surface area (Å²) in [7, 11) is 0. The maximum absolute atomic E-state index is 11.9. The maximum atomic E-state index is 11.9. The Labute approximate surface area is 169 Å². The van der Waals surface area contributed by atoms with Crippen LogP contribution in [0.4, 0.5) is 5.95 Å². The lowest BCUT2D eigenvalue weighted by atomic mass is 9.91. The molecule has 4 rings (SSSR count). The highest BCUT2D eigenvalue weighted by molar-refractivity contribution is 5.80. The van der Waals surface area contributed by atoms with Crippen molar-refractivity contribution >= 4 is 11.7 Å². The van der Waals surface area contributed by atoms with Gasteiger partial charge >= 0.3 is 0 Å². The fourth-order valence-corrected chi connectivity index (χ4v) is 5.21. The molecule has 2 unspecified atom stereocenters. The van der Waals surface area contributed by atoms with Crippen LogP contribution in [0.3, 0.4) is 0 Å². The number of anilines is 1. The molecule has 1 aromatic rings. The van der Waals surface area contributed by atoms with Crippen LogP contribution in [-0.2, 0) is 11.3 Å². The smallest absolute Gasteiger partial charge is 0.225 e. The van der Waals surface area contributed by atoms with Crippen molar-refractivity contribution in [2.45, 2.75) is 77.5 Å². The Kier molecular flexibility index (Phi) is 5.97. The molecule has 1 aromatic heterocycles. The first-order chi connectivity index (χ1) is 13.5. The van der Waals surface area contributed by atoms with E-state index in [2.05, 4.69) is 28.5 Å². The van der Waals surface area contributed by atoms with E-state index in [9.17, 15) is 4.79 Å². The predicted molar refractivity (Wildman–Crippen MR) is 111 cm³/mol. The fraction of sp³-hybridized carbons (Fsp3) is 0.773. The van der Waals surface area contributed by atoms with E-state index in [-0.39, 0.29) is 5.92 Å². The van der Waals surface area contributed by atoms with Crippen LogP contribution in [0.25, 0.3) is 0 Å². The number of likely N-dealkylation sites (tertiary alicyclic amines) is 2. The molecule has 28 heavy (non-hydrogen) atoms. The summed E-state index contributed by atoms with van der Waals surface area (Å²) in [5, 5.41) is 0. The lowest BCUT2D eigenvalue weighted by Gasteiger charge is -2.42. The highest BCUT2D eigenvalue weighted by Crippen LogP contribution is 2.33. The van der Waals surface area contributed by atoms with Gasteiger partial charge in [0.25, 0.3) is 0 Å². The van der Waals surface area contributed by atoms with Gasteiger partial charge in [0.05, 0.1) is 0 Å². The lowest BCUT2D eigenvalue weighted by molar-refractivity contribution is -0.124. The molecule has 0 spiro atoms. The number of rotatable bonds is 6. The Morgan fingerprint density at radius 2 is 1.68 bits per heavy atom. The third kappa shape index (κ3) is 4.08. The molecule has 0 aliphatic carbocycles. The van der Waals surface area contributed by atoms with Gasteiger partial charge in [0, 0.05) is 68.1 Å². The summed E-state index contributed by atoms with van der Waals surface area (Å²) in [6.45, 7) is 11.7. The van der Waals surface area contributed by atoms with Gasteiger partial charge in [-0.05, 0) is 52.6 Å². The van der Waals surface area contributed by atoms with Gasteiger partial charge in [-0.1, -0.05) is 6.92 Å². The van der Waals surface area contributed by atoms with Crippen molar-refractivity contribution < 1.29 is 4.79 Å². The van der Waals surface area contributed by atoms with Gasteiger partial charge in [0.1, 0.15) is 5.78 Å². The zero-order valence-corrected chi connectivity index (χ0v) is 17.7. The molecule has 154 valence electrons. The summed E-state index contributed by atoms with van der Waals surface area (Å²) in [4.78, 5) is 28.9. The monoisotopic (exact) mass is 385 g/mol. The van der Waals surface area contributed by atoms with Gasteiger partial charge in [-0.2, -0.15) is 0 Å². The Hall–Kier alpha value is -1.53. The number of aromatic nitrogens is 2. The Morgan fingerprint density at radius 3 is 2.21 bits per heavy atom. The standard InChI is InChI=1S/C22H35N5O/c1-4-21(28)18-7-9-25(10-8-18)13-17-11-23-22(24-12-17)27-19-5-6-20(27)15-26(14-19)16(2)3/h11-12,16,18-20H,4-10,13-15H2,1-3H3. The lowest BCUT2D eigenvalue weighted by Crippen LogP contribution is -2.56. The van der Waals surface area contributed by atoms with Crippen molar-refractivity contribution in [2.24, 2.45) is 5.92 Å². The molecule has 0 N–H and O–H groups in total. The van der Waals surface area contributed by atoms with E-state index in [0.29, 0.717) is 30.3 Å². The Balaban J connectivity index is 1.33. The van der Waals surface area contributed by atoms with Crippen LogP contribution in [0.15, 0.2) is 12.4 Å². The van der Waals surface area contributed by atoms with E-state index < -0.39 is 0 Å². The molecule has 3 aliphatic heterocycles. The van der Waals surface area contributed by atoms with E-state index in [1.54, 1.807) is 0 Å². The van der Waals surface area contributed by atoms with Gasteiger partial charge in [-0.25, -0.2) is 9.97 Å². The summed E-state index contributed by atoms with van der Waals surface area (Å²) in [5.74, 6) is 1.62. The third-order valence-corrected chi connectivity index (χ3v) is 6.96. The number of piperidine rings is 1. The molecule has 3 aliphatic rings. The van der Waals surface area contributed by atoms with E-state index in [0.717, 1.165) is 51.5 Å². The molecule has 6 nitrogen and oxygen atoms in total. The van der Waals surface area contributed by atoms with Crippen LogP contribution in [0.1, 0.15) is 58.4 Å². The zero-order valence-electron chi connectivity index (χ0n) is 17.7. The largest absolute Gasteiger partial charge is 0.332 e.